The van der Waals surface area contributed by atoms with E-state index >= 15 is 0 Å². The van der Waals surface area contributed by atoms with Crippen molar-refractivity contribution in [3.05, 3.63) is 59.7 Å². The number of benzene rings is 2. The molecule has 7 heteroatoms. The van der Waals surface area contributed by atoms with E-state index in [2.05, 4.69) is 10.6 Å². The minimum absolute atomic E-state index is 0.144. The minimum atomic E-state index is -0.719. The van der Waals surface area contributed by atoms with Crippen LogP contribution >= 0.6 is 0 Å². The van der Waals surface area contributed by atoms with E-state index in [-0.39, 0.29) is 18.8 Å². The third kappa shape index (κ3) is 4.77. The Balaban J connectivity index is 1.89. The van der Waals surface area contributed by atoms with Gasteiger partial charge < -0.3 is 15.4 Å². The summed E-state index contributed by atoms with van der Waals surface area (Å²) in [5.74, 6) is -2.32. The van der Waals surface area contributed by atoms with Crippen molar-refractivity contribution < 1.29 is 23.1 Å². The largest absolute Gasteiger partial charge is 0.462 e. The highest BCUT2D eigenvalue weighted by Gasteiger charge is 2.09. The normalized spacial score (nSPS) is 10.1. The average molecular weight is 334 g/mol. The number of rotatable bonds is 6. The molecule has 0 aliphatic heterocycles. The number of ether oxygens (including phenoxy) is 1. The summed E-state index contributed by atoms with van der Waals surface area (Å²) in [5.41, 5.74) is 0.769. The molecule has 0 saturated carbocycles. The van der Waals surface area contributed by atoms with Crippen LogP contribution in [0.4, 0.5) is 20.2 Å². The fourth-order valence-corrected chi connectivity index (χ4v) is 1.91. The lowest BCUT2D eigenvalue weighted by Crippen LogP contribution is -2.22. The number of nitrogens with one attached hydrogen (secondary N) is 2. The molecule has 0 aliphatic rings. The smallest absolute Gasteiger partial charge is 0.338 e. The molecule has 0 saturated heterocycles. The SMILES string of the molecule is CCOC(=O)c1ccc(NCC(=O)Nc2cc(F)ccc2F)cc1. The van der Waals surface area contributed by atoms with Crippen LogP contribution in [0.5, 0.6) is 0 Å². The zero-order valence-electron chi connectivity index (χ0n) is 12.9. The van der Waals surface area contributed by atoms with E-state index in [1.54, 1.807) is 31.2 Å². The van der Waals surface area contributed by atoms with E-state index in [1.165, 1.54) is 0 Å². The topological polar surface area (TPSA) is 67.4 Å². The molecule has 0 unspecified atom stereocenters. The Labute approximate surface area is 137 Å². The number of hydrogen-bond donors (Lipinski definition) is 2. The molecular formula is C17H16F2N2O3. The Hall–Kier alpha value is -2.96. The van der Waals surface area contributed by atoms with E-state index < -0.39 is 23.5 Å². The highest BCUT2D eigenvalue weighted by atomic mass is 19.1. The van der Waals surface area contributed by atoms with Crippen LogP contribution in [0.25, 0.3) is 0 Å². The van der Waals surface area contributed by atoms with Crippen LogP contribution in [0, 0.1) is 11.6 Å². The summed E-state index contributed by atoms with van der Waals surface area (Å²) >= 11 is 0. The quantitative estimate of drug-likeness (QED) is 0.796. The van der Waals surface area contributed by atoms with E-state index in [0.717, 1.165) is 18.2 Å². The first-order valence-corrected chi connectivity index (χ1v) is 7.25. The maximum Gasteiger partial charge on any atom is 0.338 e. The molecule has 2 N–H and O–H groups in total. The lowest BCUT2D eigenvalue weighted by atomic mass is 10.2. The summed E-state index contributed by atoms with van der Waals surface area (Å²) in [5, 5.41) is 5.09. The van der Waals surface area contributed by atoms with Crippen molar-refractivity contribution in [1.29, 1.82) is 0 Å². The van der Waals surface area contributed by atoms with Gasteiger partial charge in [0.25, 0.3) is 0 Å². The number of anilines is 2. The van der Waals surface area contributed by atoms with Gasteiger partial charge in [-0.3, -0.25) is 4.79 Å². The minimum Gasteiger partial charge on any atom is -0.462 e. The molecule has 0 heterocycles. The van der Waals surface area contributed by atoms with Gasteiger partial charge in [-0.05, 0) is 43.3 Å². The van der Waals surface area contributed by atoms with Gasteiger partial charge in [0.1, 0.15) is 11.6 Å². The molecule has 0 spiro atoms. The van der Waals surface area contributed by atoms with Crippen LogP contribution < -0.4 is 10.6 Å². The van der Waals surface area contributed by atoms with E-state index in [1.807, 2.05) is 0 Å². The molecule has 0 fully saturated rings. The Bertz CT molecular complexity index is 733. The molecule has 0 bridgehead atoms. The Kier molecular flexibility index (Phi) is 5.83. The maximum absolute atomic E-state index is 13.4. The number of carbonyl (C=O) groups is 2. The molecule has 2 rings (SSSR count). The second-order valence-corrected chi connectivity index (χ2v) is 4.82. The summed E-state index contributed by atoms with van der Waals surface area (Å²) in [6.45, 7) is 1.86. The van der Waals surface area contributed by atoms with Crippen LogP contribution in [0.15, 0.2) is 42.5 Å². The van der Waals surface area contributed by atoms with E-state index in [4.69, 9.17) is 4.74 Å². The Morgan fingerprint density at radius 1 is 1.08 bits per heavy atom. The summed E-state index contributed by atoms with van der Waals surface area (Å²) in [6, 6.07) is 9.15. The molecule has 5 nitrogen and oxygen atoms in total. The Morgan fingerprint density at radius 3 is 2.46 bits per heavy atom. The van der Waals surface area contributed by atoms with Gasteiger partial charge >= 0.3 is 5.97 Å². The molecule has 126 valence electrons. The number of hydrogen-bond acceptors (Lipinski definition) is 4. The fourth-order valence-electron chi connectivity index (χ4n) is 1.91. The molecule has 0 aromatic heterocycles. The van der Waals surface area contributed by atoms with Crippen LogP contribution in [0.1, 0.15) is 17.3 Å². The highest BCUT2D eigenvalue weighted by molar-refractivity contribution is 5.94. The summed E-state index contributed by atoms with van der Waals surface area (Å²) in [6.07, 6.45) is 0. The van der Waals surface area contributed by atoms with E-state index in [9.17, 15) is 18.4 Å². The Morgan fingerprint density at radius 2 is 1.79 bits per heavy atom. The summed E-state index contributed by atoms with van der Waals surface area (Å²) in [7, 11) is 0. The van der Waals surface area contributed by atoms with Crippen molar-refractivity contribution in [3.63, 3.8) is 0 Å². The lowest BCUT2D eigenvalue weighted by Gasteiger charge is -2.09. The molecular weight excluding hydrogens is 318 g/mol. The van der Waals surface area contributed by atoms with Crippen molar-refractivity contribution in [2.75, 3.05) is 23.8 Å². The molecule has 2 aromatic rings. The third-order valence-electron chi connectivity index (χ3n) is 3.05. The summed E-state index contributed by atoms with van der Waals surface area (Å²) in [4.78, 5) is 23.3. The first-order chi connectivity index (χ1) is 11.5. The predicted molar refractivity (Wildman–Crippen MR) is 85.9 cm³/mol. The zero-order chi connectivity index (χ0) is 17.5. The molecule has 0 radical (unpaired) electrons. The lowest BCUT2D eigenvalue weighted by molar-refractivity contribution is -0.114. The van der Waals surface area contributed by atoms with Crippen LogP contribution in [-0.4, -0.2) is 25.0 Å². The first kappa shape index (κ1) is 17.4. The van der Waals surface area contributed by atoms with Gasteiger partial charge in [-0.1, -0.05) is 0 Å². The van der Waals surface area contributed by atoms with Crippen LogP contribution in [-0.2, 0) is 9.53 Å². The molecule has 0 atom stereocenters. The molecule has 2 aromatic carbocycles. The van der Waals surface area contributed by atoms with Crippen LogP contribution in [0.3, 0.4) is 0 Å². The number of esters is 1. The van der Waals surface area contributed by atoms with Crippen LogP contribution in [0.2, 0.25) is 0 Å². The fraction of sp³-hybridized carbons (Fsp3) is 0.176. The van der Waals surface area contributed by atoms with Gasteiger partial charge in [0.15, 0.2) is 0 Å². The van der Waals surface area contributed by atoms with Gasteiger partial charge in [0, 0.05) is 11.8 Å². The van der Waals surface area contributed by atoms with Crippen molar-refractivity contribution in [2.24, 2.45) is 0 Å². The zero-order valence-corrected chi connectivity index (χ0v) is 12.9. The summed E-state index contributed by atoms with van der Waals surface area (Å²) < 4.78 is 31.3. The number of halogens is 2. The maximum atomic E-state index is 13.4. The predicted octanol–water partition coefficient (Wildman–Crippen LogP) is 3.19. The first-order valence-electron chi connectivity index (χ1n) is 7.25. The molecule has 0 aliphatic carbocycles. The van der Waals surface area contributed by atoms with Crippen molar-refractivity contribution >= 4 is 23.3 Å². The third-order valence-corrected chi connectivity index (χ3v) is 3.05. The number of carbonyl (C=O) groups excluding carboxylic acids is 2. The second kappa shape index (κ2) is 8.05. The number of amides is 1. The van der Waals surface area contributed by atoms with Gasteiger partial charge in [-0.15, -0.1) is 0 Å². The van der Waals surface area contributed by atoms with Gasteiger partial charge in [0.05, 0.1) is 24.4 Å². The van der Waals surface area contributed by atoms with E-state index in [0.29, 0.717) is 11.3 Å². The van der Waals surface area contributed by atoms with Gasteiger partial charge in [0.2, 0.25) is 5.91 Å². The second-order valence-electron chi connectivity index (χ2n) is 4.82. The average Bonchev–Trinajstić information content (AvgIpc) is 2.57. The van der Waals surface area contributed by atoms with Gasteiger partial charge in [-0.2, -0.15) is 0 Å². The van der Waals surface area contributed by atoms with Crippen molar-refractivity contribution in [2.45, 2.75) is 6.92 Å². The van der Waals surface area contributed by atoms with Gasteiger partial charge in [-0.25, -0.2) is 13.6 Å². The monoisotopic (exact) mass is 334 g/mol. The van der Waals surface area contributed by atoms with Crippen molar-refractivity contribution in [3.8, 4) is 0 Å². The van der Waals surface area contributed by atoms with Crippen molar-refractivity contribution in [1.82, 2.24) is 0 Å². The molecule has 24 heavy (non-hydrogen) atoms. The standard InChI is InChI=1S/C17H16F2N2O3/c1-2-24-17(23)11-3-6-13(7-4-11)20-10-16(22)21-15-9-12(18)5-8-14(15)19/h3-9,20H,2,10H2,1H3,(H,21,22). The molecule has 1 amide bonds. The highest BCUT2D eigenvalue weighted by Crippen LogP contribution is 2.15.